The quantitative estimate of drug-likeness (QED) is 0.0937. The lowest BCUT2D eigenvalue weighted by Gasteiger charge is -2.75. The molecule has 2 spiro atoms. The van der Waals surface area contributed by atoms with Gasteiger partial charge in [-0.1, -0.05) is 59.1 Å². The summed E-state index contributed by atoms with van der Waals surface area (Å²) >= 11 is 0. The molecular formula is C68H93N3O9. The van der Waals surface area contributed by atoms with Gasteiger partial charge in [-0.05, 0) is 196 Å². The molecule has 8 fully saturated rings. The summed E-state index contributed by atoms with van der Waals surface area (Å²) in [6.45, 7) is 14.8. The number of hydrogen-bond acceptors (Lipinski definition) is 10. The van der Waals surface area contributed by atoms with Gasteiger partial charge in [-0.15, -0.1) is 0 Å². The van der Waals surface area contributed by atoms with Crippen LogP contribution in [0, 0.1) is 56.2 Å². The number of aliphatic hydroxyl groups is 4. The molecule has 3 aliphatic heterocycles. The highest BCUT2D eigenvalue weighted by atomic mass is 16.6. The Morgan fingerprint density at radius 1 is 0.875 bits per heavy atom. The van der Waals surface area contributed by atoms with E-state index in [2.05, 4.69) is 67.1 Å². The molecule has 0 amide bonds. The molecule has 14 rings (SSSR count). The standard InChI is InChI=1S/C68H93N3O9/c1-61(2)60(80-61)51(75)31-62(3)20-16-39-34-70-56-46(48(37-72)40-27-45-43-13-9-8-11-38(43)14-15-44(45)49(28-40)68(78)23-25-79-26-24-68)35-71(57(39)56)36-47-54-55(62)50(74)32-64(54,5)63(4)21-18-52-65(6,59(63)58(47)77)66(22-17-42(73)30-66)33-53(76)67(52)19-10-12-41(29-67)69-7/h27-28,34-35,37-38,41-43,47-48,51-52,58-60,69-70,73,75,77-78H,8-26,29-33,36H2,1-7H3/t38-,41-,42+,43-,47-,48+,51+,52+,58+,59-,60+,62-,63-,64-,65+,66+,67-/m0/s1. The lowest BCUT2D eigenvalue weighted by atomic mass is 9.29. The molecule has 0 bridgehead atoms. The van der Waals surface area contributed by atoms with Crippen molar-refractivity contribution in [1.29, 1.82) is 0 Å². The summed E-state index contributed by atoms with van der Waals surface area (Å²) in [7, 11) is 2.03. The van der Waals surface area contributed by atoms with Gasteiger partial charge in [0.05, 0.1) is 46.5 Å². The summed E-state index contributed by atoms with van der Waals surface area (Å²) in [6.07, 6.45) is 20.1. The van der Waals surface area contributed by atoms with Crippen LogP contribution in [0.25, 0.3) is 11.0 Å². The van der Waals surface area contributed by atoms with Crippen LogP contribution >= 0.6 is 0 Å². The number of carbonyl (C=O) groups excluding carboxylic acids is 3. The van der Waals surface area contributed by atoms with Crippen LogP contribution in [-0.4, -0.2) is 104 Å². The summed E-state index contributed by atoms with van der Waals surface area (Å²) in [5.74, 6) is -0.00470. The topological polar surface area (TPSA) is 187 Å². The normalized spacial score (nSPS) is 43.3. The minimum Gasteiger partial charge on any atom is -0.393 e. The van der Waals surface area contributed by atoms with Crippen molar-refractivity contribution in [3.8, 4) is 0 Å². The second-order valence-corrected chi connectivity index (χ2v) is 30.4. The number of nitrogens with one attached hydrogen (secondary N) is 2. The van der Waals surface area contributed by atoms with E-state index in [0.717, 1.165) is 115 Å². The van der Waals surface area contributed by atoms with Gasteiger partial charge in [0.1, 0.15) is 18.2 Å². The van der Waals surface area contributed by atoms with Gasteiger partial charge in [-0.3, -0.25) is 9.59 Å². The highest BCUT2D eigenvalue weighted by molar-refractivity contribution is 6.02. The number of aromatic nitrogens is 2. The number of aromatic amines is 1. The van der Waals surface area contributed by atoms with Crippen molar-refractivity contribution in [2.24, 2.45) is 56.2 Å². The maximum atomic E-state index is 15.9. The molecule has 6 N–H and O–H groups in total. The Bertz CT molecular complexity index is 3070. The summed E-state index contributed by atoms with van der Waals surface area (Å²) in [5, 5.41) is 54.8. The molecule has 17 atom stereocenters. The molecule has 12 heteroatoms. The monoisotopic (exact) mass is 1100 g/mol. The highest BCUT2D eigenvalue weighted by Gasteiger charge is 2.78. The molecular weight excluding hydrogens is 1000 g/mol. The van der Waals surface area contributed by atoms with Crippen molar-refractivity contribution in [3.05, 3.63) is 69.1 Å². The summed E-state index contributed by atoms with van der Waals surface area (Å²) < 4.78 is 14.3. The Kier molecular flexibility index (Phi) is 12.6. The third kappa shape index (κ3) is 7.45. The van der Waals surface area contributed by atoms with Crippen molar-refractivity contribution in [2.75, 3.05) is 20.3 Å². The molecule has 5 heterocycles. The third-order valence-corrected chi connectivity index (χ3v) is 26.5. The average molecular weight is 1100 g/mol. The fraction of sp³-hybridized carbons (Fsp3) is 0.750. The predicted molar refractivity (Wildman–Crippen MR) is 306 cm³/mol. The van der Waals surface area contributed by atoms with E-state index < -0.39 is 73.8 Å². The zero-order valence-electron chi connectivity index (χ0n) is 49.2. The van der Waals surface area contributed by atoms with E-state index in [0.29, 0.717) is 95.2 Å². The number of ketones is 2. The number of carbonyl (C=O) groups is 3. The lowest BCUT2D eigenvalue weighted by molar-refractivity contribution is -0.267. The first-order valence-electron chi connectivity index (χ1n) is 31.9. The molecule has 0 unspecified atom stereocenters. The number of allylic oxidation sites excluding steroid dienone is 1. The first kappa shape index (κ1) is 54.4. The third-order valence-electron chi connectivity index (χ3n) is 26.5. The van der Waals surface area contributed by atoms with E-state index in [9.17, 15) is 25.2 Å². The van der Waals surface area contributed by atoms with E-state index in [1.165, 1.54) is 30.4 Å². The number of Topliss-reactive ketones (excluding diaryl/α,β-unsaturated/α-hetero) is 2. The molecule has 80 heavy (non-hydrogen) atoms. The molecule has 2 aromatic heterocycles. The van der Waals surface area contributed by atoms with Crippen molar-refractivity contribution in [2.45, 2.75) is 243 Å². The van der Waals surface area contributed by atoms with Gasteiger partial charge in [0.15, 0.2) is 5.78 Å². The predicted octanol–water partition coefficient (Wildman–Crippen LogP) is 10.4. The fourth-order valence-electron chi connectivity index (χ4n) is 22.5. The van der Waals surface area contributed by atoms with Gasteiger partial charge in [-0.25, -0.2) is 0 Å². The first-order valence-corrected chi connectivity index (χ1v) is 31.9. The maximum absolute atomic E-state index is 15.9. The van der Waals surface area contributed by atoms with Crippen LogP contribution in [0.4, 0.5) is 0 Å². The van der Waals surface area contributed by atoms with Crippen molar-refractivity contribution < 1.29 is 44.3 Å². The highest BCUT2D eigenvalue weighted by Crippen LogP contribution is 2.81. The van der Waals surface area contributed by atoms with Gasteiger partial charge in [0.25, 0.3) is 0 Å². The molecule has 3 aromatic rings. The second kappa shape index (κ2) is 18.5. The Hall–Kier alpha value is -3.49. The zero-order valence-corrected chi connectivity index (χ0v) is 49.2. The fourth-order valence-corrected chi connectivity index (χ4v) is 22.5. The molecule has 6 saturated carbocycles. The Balaban J connectivity index is 0.957. The van der Waals surface area contributed by atoms with Crippen LogP contribution in [-0.2, 0) is 48.8 Å². The minimum atomic E-state index is -1.05. The number of aliphatic hydroxyl groups excluding tert-OH is 3. The summed E-state index contributed by atoms with van der Waals surface area (Å²) in [4.78, 5) is 49.3. The number of epoxide rings is 1. The van der Waals surface area contributed by atoms with Crippen LogP contribution in [0.3, 0.4) is 0 Å². The largest absolute Gasteiger partial charge is 0.393 e. The van der Waals surface area contributed by atoms with Gasteiger partial charge in [0.2, 0.25) is 0 Å². The molecule has 0 radical (unpaired) electrons. The molecule has 2 saturated heterocycles. The SMILES string of the molecule is CN[C@H]1CCC[C@@]2(C1)C(=O)C[C@]1(CC[C@@H](O)C1)[C@@]1(C)[C@H]3[C@H](O)[C@H]4Cn5cc([C@H](C=O)c6cc7c(c(C8(O)CCOCC8)c6)CC[C@@H]6CCCC[C@H]76)c6[nH]cc(c65)CC[C@@](C)(C[C@@H](O)[C@H]5OC5(C)C)C5=C4[C@](C)(CC5=O)[C@@]3(C)CC[C@@H]21. The Morgan fingerprint density at radius 2 is 1.65 bits per heavy atom. The number of rotatable bonds is 8. The minimum absolute atomic E-state index is 0.00270. The van der Waals surface area contributed by atoms with Crippen LogP contribution < -0.4 is 5.32 Å². The van der Waals surface area contributed by atoms with E-state index >= 15 is 9.59 Å². The number of fused-ring (bicyclic) bond motifs is 9. The van der Waals surface area contributed by atoms with Gasteiger partial charge in [0, 0.05) is 91.8 Å². The van der Waals surface area contributed by atoms with Gasteiger partial charge in [-0.2, -0.15) is 0 Å². The Morgan fingerprint density at radius 3 is 2.38 bits per heavy atom. The smallest absolute Gasteiger partial charge is 0.160 e. The maximum Gasteiger partial charge on any atom is 0.160 e. The van der Waals surface area contributed by atoms with E-state index in [1.54, 1.807) is 0 Å². The first-order chi connectivity index (χ1) is 38.1. The number of nitrogens with zero attached hydrogens (tertiary/aromatic N) is 1. The molecule has 434 valence electrons. The molecule has 8 aliphatic carbocycles. The molecule has 1 aromatic carbocycles. The average Bonchev–Trinajstić information content (AvgIpc) is 4.03. The number of aryl methyl sites for hydroxylation is 1. The summed E-state index contributed by atoms with van der Waals surface area (Å²) in [6, 6.07) is 4.74. The number of aldehydes is 1. The number of ether oxygens (including phenoxy) is 2. The number of H-pyrrole nitrogens is 1. The molecule has 11 aliphatic rings. The lowest BCUT2D eigenvalue weighted by Crippen LogP contribution is -2.73. The van der Waals surface area contributed by atoms with Crippen molar-refractivity contribution >= 4 is 28.9 Å². The molecule has 12 nitrogen and oxygen atoms in total. The number of benzene rings is 1. The van der Waals surface area contributed by atoms with Crippen LogP contribution in [0.1, 0.15) is 215 Å². The van der Waals surface area contributed by atoms with E-state index in [4.69, 9.17) is 9.47 Å². The summed E-state index contributed by atoms with van der Waals surface area (Å²) in [5.41, 5.74) is 5.06. The Labute approximate surface area is 474 Å². The van der Waals surface area contributed by atoms with Crippen LogP contribution in [0.2, 0.25) is 0 Å². The second-order valence-electron chi connectivity index (χ2n) is 30.4. The number of hydrogen-bond donors (Lipinski definition) is 6. The van der Waals surface area contributed by atoms with Gasteiger partial charge < -0.3 is 49.6 Å². The van der Waals surface area contributed by atoms with Crippen molar-refractivity contribution in [1.82, 2.24) is 14.9 Å². The van der Waals surface area contributed by atoms with E-state index in [-0.39, 0.29) is 29.8 Å². The zero-order chi connectivity index (χ0) is 55.9. The van der Waals surface area contributed by atoms with Crippen LogP contribution in [0.15, 0.2) is 35.7 Å². The van der Waals surface area contributed by atoms with Crippen molar-refractivity contribution in [3.63, 3.8) is 0 Å². The van der Waals surface area contributed by atoms with E-state index in [1.807, 2.05) is 20.9 Å². The van der Waals surface area contributed by atoms with Crippen LogP contribution in [0.5, 0.6) is 0 Å². The van der Waals surface area contributed by atoms with Gasteiger partial charge >= 0.3 is 0 Å².